The first-order valence-corrected chi connectivity index (χ1v) is 6.83. The Morgan fingerprint density at radius 1 is 1.15 bits per heavy atom. The zero-order chi connectivity index (χ0) is 14.1. The molecule has 2 aromatic carbocycles. The summed E-state index contributed by atoms with van der Waals surface area (Å²) in [6.45, 7) is 0. The number of rotatable bonds is 2. The van der Waals surface area contributed by atoms with Crippen molar-refractivity contribution in [2.24, 2.45) is 0 Å². The highest BCUT2D eigenvalue weighted by Gasteiger charge is 2.11. The molecular weight excluding hydrogens is 272 g/mol. The molecule has 3 aromatic rings. The Bertz CT molecular complexity index is 762. The van der Waals surface area contributed by atoms with Crippen molar-refractivity contribution in [3.63, 3.8) is 0 Å². The molecule has 0 unspecified atom stereocenters. The van der Waals surface area contributed by atoms with E-state index in [0.29, 0.717) is 16.3 Å². The molecular formula is C15H12N2O2S. The van der Waals surface area contributed by atoms with Gasteiger partial charge in [-0.1, -0.05) is 18.2 Å². The Morgan fingerprint density at radius 2 is 1.95 bits per heavy atom. The standard InChI is InChI=1S/C15H12N2O2S/c16-11-8-10(18)5-6-12(11)17-15(19)14-7-9-3-1-2-4-13(9)20-14/h1-8,18H,16H2,(H,17,19). The van der Waals surface area contributed by atoms with E-state index in [2.05, 4.69) is 5.32 Å². The van der Waals surface area contributed by atoms with Gasteiger partial charge in [-0.05, 0) is 29.7 Å². The molecule has 0 spiro atoms. The summed E-state index contributed by atoms with van der Waals surface area (Å²) < 4.78 is 1.07. The minimum atomic E-state index is -0.205. The van der Waals surface area contributed by atoms with Crippen molar-refractivity contribution >= 4 is 38.7 Å². The first kappa shape index (κ1) is 12.5. The number of hydrogen-bond acceptors (Lipinski definition) is 4. The van der Waals surface area contributed by atoms with Crippen LogP contribution in [0.5, 0.6) is 5.75 Å². The van der Waals surface area contributed by atoms with Crippen molar-refractivity contribution in [3.05, 3.63) is 53.4 Å². The lowest BCUT2D eigenvalue weighted by molar-refractivity contribution is 0.103. The maximum absolute atomic E-state index is 12.2. The fourth-order valence-electron chi connectivity index (χ4n) is 1.94. The molecule has 0 saturated heterocycles. The van der Waals surface area contributed by atoms with Crippen LogP contribution in [0.15, 0.2) is 48.5 Å². The summed E-state index contributed by atoms with van der Waals surface area (Å²) in [5, 5.41) is 13.1. The molecule has 0 atom stereocenters. The fourth-order valence-corrected chi connectivity index (χ4v) is 2.90. The molecule has 0 bridgehead atoms. The highest BCUT2D eigenvalue weighted by molar-refractivity contribution is 7.20. The average molecular weight is 284 g/mol. The molecule has 4 nitrogen and oxygen atoms in total. The van der Waals surface area contributed by atoms with E-state index in [-0.39, 0.29) is 11.7 Å². The lowest BCUT2D eigenvalue weighted by atomic mass is 10.2. The molecule has 1 aromatic heterocycles. The summed E-state index contributed by atoms with van der Waals surface area (Å²) in [6.07, 6.45) is 0. The third kappa shape index (κ3) is 2.31. The summed E-state index contributed by atoms with van der Waals surface area (Å²) in [5.74, 6) is -0.133. The van der Waals surface area contributed by atoms with Crippen molar-refractivity contribution in [2.75, 3.05) is 11.1 Å². The fraction of sp³-hybridized carbons (Fsp3) is 0. The first-order valence-electron chi connectivity index (χ1n) is 6.02. The van der Waals surface area contributed by atoms with E-state index in [0.717, 1.165) is 10.1 Å². The number of aromatic hydroxyl groups is 1. The summed E-state index contributed by atoms with van der Waals surface area (Å²) in [7, 11) is 0. The molecule has 4 N–H and O–H groups in total. The molecule has 1 amide bonds. The topological polar surface area (TPSA) is 75.3 Å². The van der Waals surface area contributed by atoms with Gasteiger partial charge in [-0.25, -0.2) is 0 Å². The first-order chi connectivity index (χ1) is 9.63. The van der Waals surface area contributed by atoms with Gasteiger partial charge >= 0.3 is 0 Å². The lowest BCUT2D eigenvalue weighted by Gasteiger charge is -2.07. The van der Waals surface area contributed by atoms with Crippen molar-refractivity contribution < 1.29 is 9.90 Å². The smallest absolute Gasteiger partial charge is 0.265 e. The predicted molar refractivity (Wildman–Crippen MR) is 82.3 cm³/mol. The van der Waals surface area contributed by atoms with Gasteiger partial charge in [0.2, 0.25) is 0 Å². The maximum atomic E-state index is 12.2. The second-order valence-corrected chi connectivity index (χ2v) is 5.46. The van der Waals surface area contributed by atoms with Crippen LogP contribution in [0.2, 0.25) is 0 Å². The Hall–Kier alpha value is -2.53. The van der Waals surface area contributed by atoms with Crippen LogP contribution in [0.3, 0.4) is 0 Å². The van der Waals surface area contributed by atoms with Gasteiger partial charge in [0.05, 0.1) is 16.3 Å². The number of nitrogens with one attached hydrogen (secondary N) is 1. The van der Waals surface area contributed by atoms with E-state index in [1.165, 1.54) is 23.5 Å². The van der Waals surface area contributed by atoms with Crippen molar-refractivity contribution in [2.45, 2.75) is 0 Å². The van der Waals surface area contributed by atoms with Crippen LogP contribution in [0.1, 0.15) is 9.67 Å². The molecule has 0 aliphatic heterocycles. The highest BCUT2D eigenvalue weighted by Crippen LogP contribution is 2.28. The summed E-state index contributed by atoms with van der Waals surface area (Å²) in [5.41, 5.74) is 6.58. The Kier molecular flexibility index (Phi) is 3.04. The molecule has 0 aliphatic rings. The molecule has 1 heterocycles. The number of amides is 1. The normalized spacial score (nSPS) is 10.6. The third-order valence-corrected chi connectivity index (χ3v) is 4.05. The lowest BCUT2D eigenvalue weighted by Crippen LogP contribution is -2.11. The second-order valence-electron chi connectivity index (χ2n) is 4.37. The SMILES string of the molecule is Nc1cc(O)ccc1NC(=O)c1cc2ccccc2s1. The third-order valence-electron chi connectivity index (χ3n) is 2.93. The number of thiophene rings is 1. The average Bonchev–Trinajstić information content (AvgIpc) is 2.86. The molecule has 20 heavy (non-hydrogen) atoms. The monoisotopic (exact) mass is 284 g/mol. The number of benzene rings is 2. The maximum Gasteiger partial charge on any atom is 0.265 e. The second kappa shape index (κ2) is 4.86. The van der Waals surface area contributed by atoms with Crippen LogP contribution in [0.25, 0.3) is 10.1 Å². The van der Waals surface area contributed by atoms with Crippen LogP contribution in [-0.4, -0.2) is 11.0 Å². The number of fused-ring (bicyclic) bond motifs is 1. The van der Waals surface area contributed by atoms with Crippen LogP contribution in [-0.2, 0) is 0 Å². The van der Waals surface area contributed by atoms with Crippen molar-refractivity contribution in [3.8, 4) is 5.75 Å². The van der Waals surface area contributed by atoms with E-state index in [1.807, 2.05) is 30.3 Å². The zero-order valence-electron chi connectivity index (χ0n) is 10.5. The minimum absolute atomic E-state index is 0.0716. The van der Waals surface area contributed by atoms with Crippen LogP contribution < -0.4 is 11.1 Å². The van der Waals surface area contributed by atoms with Gasteiger partial charge in [0.25, 0.3) is 5.91 Å². The predicted octanol–water partition coefficient (Wildman–Crippen LogP) is 3.44. The van der Waals surface area contributed by atoms with E-state index >= 15 is 0 Å². The zero-order valence-corrected chi connectivity index (χ0v) is 11.3. The van der Waals surface area contributed by atoms with Gasteiger partial charge in [0.15, 0.2) is 0 Å². The molecule has 0 aliphatic carbocycles. The van der Waals surface area contributed by atoms with Gasteiger partial charge in [-0.15, -0.1) is 11.3 Å². The number of anilines is 2. The number of nitrogen functional groups attached to an aromatic ring is 1. The Morgan fingerprint density at radius 3 is 2.70 bits per heavy atom. The van der Waals surface area contributed by atoms with Gasteiger partial charge in [-0.3, -0.25) is 4.79 Å². The van der Waals surface area contributed by atoms with Crippen LogP contribution in [0, 0.1) is 0 Å². The Balaban J connectivity index is 1.89. The van der Waals surface area contributed by atoms with Gasteiger partial charge in [0.1, 0.15) is 5.75 Å². The van der Waals surface area contributed by atoms with Crippen LogP contribution >= 0.6 is 11.3 Å². The van der Waals surface area contributed by atoms with E-state index in [1.54, 1.807) is 6.07 Å². The number of nitrogens with two attached hydrogens (primary N) is 1. The van der Waals surface area contributed by atoms with Gasteiger partial charge in [0, 0.05) is 10.8 Å². The number of phenols is 1. The molecule has 0 saturated carbocycles. The van der Waals surface area contributed by atoms with Gasteiger partial charge in [-0.2, -0.15) is 0 Å². The van der Waals surface area contributed by atoms with Crippen LogP contribution in [0.4, 0.5) is 11.4 Å². The van der Waals surface area contributed by atoms with E-state index in [4.69, 9.17) is 5.73 Å². The van der Waals surface area contributed by atoms with E-state index in [9.17, 15) is 9.90 Å². The molecule has 0 radical (unpaired) electrons. The van der Waals surface area contributed by atoms with Gasteiger partial charge < -0.3 is 16.2 Å². The minimum Gasteiger partial charge on any atom is -0.508 e. The van der Waals surface area contributed by atoms with Crippen molar-refractivity contribution in [1.29, 1.82) is 0 Å². The molecule has 0 fully saturated rings. The summed E-state index contributed by atoms with van der Waals surface area (Å²) in [6, 6.07) is 14.1. The number of hydrogen-bond donors (Lipinski definition) is 3. The molecule has 3 rings (SSSR count). The molecule has 100 valence electrons. The Labute approximate surface area is 119 Å². The van der Waals surface area contributed by atoms with E-state index < -0.39 is 0 Å². The largest absolute Gasteiger partial charge is 0.508 e. The number of carbonyl (C=O) groups excluding carboxylic acids is 1. The van der Waals surface area contributed by atoms with Crippen molar-refractivity contribution in [1.82, 2.24) is 0 Å². The molecule has 5 heteroatoms. The highest BCUT2D eigenvalue weighted by atomic mass is 32.1. The number of phenolic OH excluding ortho intramolecular Hbond substituents is 1. The summed E-state index contributed by atoms with van der Waals surface area (Å²) >= 11 is 1.43. The summed E-state index contributed by atoms with van der Waals surface area (Å²) in [4.78, 5) is 12.8. The number of carbonyl (C=O) groups is 1. The quantitative estimate of drug-likeness (QED) is 0.498.